The molecule has 14 nitrogen and oxygen atoms in total. The van der Waals surface area contributed by atoms with Crippen molar-refractivity contribution in [2.75, 3.05) is 34.4 Å². The molecule has 0 unspecified atom stereocenters. The summed E-state index contributed by atoms with van der Waals surface area (Å²) in [7, 11) is 4.72. The van der Waals surface area contributed by atoms with Crippen molar-refractivity contribution in [1.82, 2.24) is 25.8 Å². The number of hydrogen-bond donors (Lipinski definition) is 3. The number of ether oxygens (including phenoxy) is 3. The van der Waals surface area contributed by atoms with Crippen molar-refractivity contribution < 1.29 is 43.0 Å². The molecule has 1 fully saturated rings. The smallest absolute Gasteiger partial charge is 0.408 e. The molecule has 8 atom stereocenters. The van der Waals surface area contributed by atoms with E-state index < -0.39 is 59.8 Å². The Labute approximate surface area is 397 Å². The van der Waals surface area contributed by atoms with Crippen LogP contribution in [0.2, 0.25) is 0 Å². The van der Waals surface area contributed by atoms with E-state index in [0.29, 0.717) is 32.2 Å². The second kappa shape index (κ2) is 23.4. The van der Waals surface area contributed by atoms with Gasteiger partial charge in [-0.1, -0.05) is 120 Å². The molecule has 0 spiro atoms. The largest absolute Gasteiger partial charge is 0.449 e. The fourth-order valence-electron chi connectivity index (χ4n) is 9.76. The van der Waals surface area contributed by atoms with Crippen molar-refractivity contribution >= 4 is 35.5 Å². The van der Waals surface area contributed by atoms with Crippen LogP contribution < -0.4 is 16.0 Å². The predicted octanol–water partition coefficient (Wildman–Crippen LogP) is 6.68. The summed E-state index contributed by atoms with van der Waals surface area (Å²) < 4.78 is 17.8. The number of rotatable bonds is 22. The minimum Gasteiger partial charge on any atom is -0.449 e. The topological polar surface area (TPSA) is 173 Å². The van der Waals surface area contributed by atoms with Gasteiger partial charge in [0.15, 0.2) is 5.78 Å². The van der Waals surface area contributed by atoms with Crippen LogP contribution in [-0.2, 0) is 44.6 Å². The first-order valence-corrected chi connectivity index (χ1v) is 23.8. The van der Waals surface area contributed by atoms with Gasteiger partial charge >= 0.3 is 6.09 Å². The molecule has 3 aromatic rings. The van der Waals surface area contributed by atoms with Crippen molar-refractivity contribution in [1.29, 1.82) is 0 Å². The fraction of sp³-hybridized carbons (Fsp3) is 0.547. The zero-order valence-corrected chi connectivity index (χ0v) is 41.3. The van der Waals surface area contributed by atoms with E-state index in [-0.39, 0.29) is 54.3 Å². The third-order valence-corrected chi connectivity index (χ3v) is 13.9. The van der Waals surface area contributed by atoms with E-state index in [9.17, 15) is 28.8 Å². The number of methoxy groups -OCH3 is 2. The zero-order valence-electron chi connectivity index (χ0n) is 41.3. The Morgan fingerprint density at radius 3 is 1.99 bits per heavy atom. The number of alkyl carbamates (subject to hydrolysis) is 1. The number of nitrogens with one attached hydrogen (secondary N) is 3. The molecule has 1 aliphatic heterocycles. The van der Waals surface area contributed by atoms with Crippen LogP contribution in [0.5, 0.6) is 0 Å². The van der Waals surface area contributed by atoms with Gasteiger partial charge in [0.05, 0.1) is 42.7 Å². The van der Waals surface area contributed by atoms with Gasteiger partial charge in [-0.2, -0.15) is 0 Å². The minimum atomic E-state index is -1.45. The summed E-state index contributed by atoms with van der Waals surface area (Å²) in [6, 6.07) is 22.9. The lowest BCUT2D eigenvalue weighted by Crippen LogP contribution is -2.62. The molecule has 1 heterocycles. The molecule has 2 aliphatic rings. The average molecular weight is 924 g/mol. The number of nitrogens with zero attached hydrogens (tertiary/aromatic N) is 2. The van der Waals surface area contributed by atoms with Crippen LogP contribution >= 0.6 is 0 Å². The highest BCUT2D eigenvalue weighted by Crippen LogP contribution is 2.44. The summed E-state index contributed by atoms with van der Waals surface area (Å²) in [5.74, 6) is -2.92. The van der Waals surface area contributed by atoms with E-state index >= 15 is 0 Å². The quantitative estimate of drug-likeness (QED) is 0.0994. The lowest BCUT2D eigenvalue weighted by Gasteiger charge is -2.41. The minimum absolute atomic E-state index is 0.0457. The Kier molecular flexibility index (Phi) is 18.3. The van der Waals surface area contributed by atoms with Gasteiger partial charge in [0.25, 0.3) is 0 Å². The molecule has 67 heavy (non-hydrogen) atoms. The number of hydrogen-bond acceptors (Lipinski definition) is 9. The molecule has 0 saturated carbocycles. The number of Topliss-reactive ketones (excluding diaryl/α,β-unsaturated/α-hetero) is 1. The third kappa shape index (κ3) is 12.5. The Balaban J connectivity index is 1.23. The van der Waals surface area contributed by atoms with Crippen molar-refractivity contribution in [3.05, 3.63) is 95.6 Å². The highest BCUT2D eigenvalue weighted by atomic mass is 16.5. The molecule has 0 aromatic heterocycles. The SMILES string of the molecule is CC[C@H](C)[C@@H]([C@@H](CC(=O)N1CCC[C@H]1[C@H](OC)[C@@H](C)C(=O)N[C@@H](Cc1ccccc1)C(C)=O)OC)N(C)C(=O)[C@@H](NC(=O)C(C)(C)NC(=O)OCC1c2ccccc2-c2ccccc21)C(C)C. The number of ketones is 1. The molecule has 5 rings (SSSR count). The van der Waals surface area contributed by atoms with Crippen LogP contribution in [-0.4, -0.2) is 122 Å². The highest BCUT2D eigenvalue weighted by Gasteiger charge is 2.44. The van der Waals surface area contributed by atoms with Crippen LogP contribution in [0.3, 0.4) is 0 Å². The van der Waals surface area contributed by atoms with Gasteiger partial charge < -0.3 is 40.0 Å². The van der Waals surface area contributed by atoms with E-state index in [4.69, 9.17) is 14.2 Å². The van der Waals surface area contributed by atoms with E-state index in [1.807, 2.05) is 94.4 Å². The molecule has 3 N–H and O–H groups in total. The van der Waals surface area contributed by atoms with E-state index in [2.05, 4.69) is 28.1 Å². The molecular weight excluding hydrogens is 851 g/mol. The van der Waals surface area contributed by atoms with E-state index in [1.54, 1.807) is 37.6 Å². The second-order valence-corrected chi connectivity index (χ2v) is 19.2. The summed E-state index contributed by atoms with van der Waals surface area (Å²) in [6.07, 6.45) is 0.186. The number of likely N-dealkylation sites (N-methyl/N-ethyl adjacent to an activating group) is 1. The molecule has 1 saturated heterocycles. The maximum Gasteiger partial charge on any atom is 0.408 e. The van der Waals surface area contributed by atoms with Gasteiger partial charge in [0.2, 0.25) is 23.6 Å². The number of likely N-dealkylation sites (tertiary alicyclic amines) is 1. The standard InChI is InChI=1S/C53H73N5O9/c1-12-33(4)47(44(65-10)30-45(60)58-28-20-27-43(58)48(66-11)34(5)49(61)54-42(35(6)59)29-36-21-14-13-15-22-36)57(9)50(62)46(32(2)3)55-51(63)53(7,8)56-52(64)67-31-41-39-25-18-16-23-37(39)38-24-17-19-26-40(38)41/h13-19,21-26,32-34,41-44,46-48H,12,20,27-31H2,1-11H3,(H,54,61)(H,55,63)(H,56,64)/t33-,34+,42-,43-,44+,46-,47-,48+/m0/s1. The fourth-order valence-corrected chi connectivity index (χ4v) is 9.76. The monoisotopic (exact) mass is 924 g/mol. The molecule has 3 aromatic carbocycles. The molecular formula is C53H73N5O9. The van der Waals surface area contributed by atoms with Crippen molar-refractivity contribution in [3.63, 3.8) is 0 Å². The molecule has 0 radical (unpaired) electrons. The van der Waals surface area contributed by atoms with Crippen LogP contribution in [0.25, 0.3) is 11.1 Å². The van der Waals surface area contributed by atoms with Crippen molar-refractivity contribution in [2.45, 2.75) is 135 Å². The summed E-state index contributed by atoms with van der Waals surface area (Å²) in [4.78, 5) is 85.8. The summed E-state index contributed by atoms with van der Waals surface area (Å²) in [6.45, 7) is 14.6. The van der Waals surface area contributed by atoms with Gasteiger partial charge in [-0.3, -0.25) is 24.0 Å². The lowest BCUT2D eigenvalue weighted by atomic mass is 9.89. The number of benzene rings is 3. The summed E-state index contributed by atoms with van der Waals surface area (Å²) in [5, 5.41) is 8.55. The van der Waals surface area contributed by atoms with E-state index in [1.165, 1.54) is 21.1 Å². The average Bonchev–Trinajstić information content (AvgIpc) is 3.92. The Bertz CT molecular complexity index is 2150. The molecule has 14 heteroatoms. The molecule has 1 aliphatic carbocycles. The van der Waals surface area contributed by atoms with Crippen molar-refractivity contribution in [2.24, 2.45) is 17.8 Å². The Hall–Kier alpha value is -5.60. The summed E-state index contributed by atoms with van der Waals surface area (Å²) in [5.41, 5.74) is 3.82. The first kappa shape index (κ1) is 52.4. The second-order valence-electron chi connectivity index (χ2n) is 19.2. The van der Waals surface area contributed by atoms with E-state index in [0.717, 1.165) is 27.8 Å². The van der Waals surface area contributed by atoms with Crippen molar-refractivity contribution in [3.8, 4) is 11.1 Å². The number of fused-ring (bicyclic) bond motifs is 3. The Morgan fingerprint density at radius 2 is 1.43 bits per heavy atom. The van der Waals surface area contributed by atoms with Crippen LogP contribution in [0.15, 0.2) is 78.9 Å². The normalized spacial score (nSPS) is 17.8. The van der Waals surface area contributed by atoms with Crippen LogP contribution in [0, 0.1) is 17.8 Å². The lowest BCUT2D eigenvalue weighted by molar-refractivity contribution is -0.148. The number of carbonyl (C=O) groups excluding carboxylic acids is 6. The molecule has 5 amide bonds. The predicted molar refractivity (Wildman–Crippen MR) is 258 cm³/mol. The van der Waals surface area contributed by atoms with Crippen LogP contribution in [0.4, 0.5) is 4.79 Å². The maximum atomic E-state index is 14.6. The maximum absolute atomic E-state index is 14.6. The van der Waals surface area contributed by atoms with Gasteiger partial charge in [0, 0.05) is 33.7 Å². The highest BCUT2D eigenvalue weighted by molar-refractivity contribution is 5.94. The summed E-state index contributed by atoms with van der Waals surface area (Å²) >= 11 is 0. The van der Waals surface area contributed by atoms with Gasteiger partial charge in [-0.25, -0.2) is 4.79 Å². The molecule has 364 valence electrons. The molecule has 0 bridgehead atoms. The number of carbonyl (C=O) groups is 6. The van der Waals surface area contributed by atoms with Gasteiger partial charge in [0.1, 0.15) is 18.2 Å². The van der Waals surface area contributed by atoms with Gasteiger partial charge in [-0.05, 0) is 79.7 Å². The third-order valence-electron chi connectivity index (χ3n) is 13.9. The first-order valence-electron chi connectivity index (χ1n) is 23.8. The number of amides is 5. The first-order chi connectivity index (χ1) is 31.8. The zero-order chi connectivity index (χ0) is 49.2. The Morgan fingerprint density at radius 1 is 0.836 bits per heavy atom. The van der Waals surface area contributed by atoms with Gasteiger partial charge in [-0.15, -0.1) is 0 Å². The van der Waals surface area contributed by atoms with Crippen LogP contribution in [0.1, 0.15) is 104 Å².